The topological polar surface area (TPSA) is 90.9 Å². The number of hydrogen-bond acceptors (Lipinski definition) is 6. The molecule has 1 N–H and O–H groups in total. The van der Waals surface area contributed by atoms with Gasteiger partial charge in [0.15, 0.2) is 0 Å². The Balaban J connectivity index is 1.29. The fourth-order valence-electron chi connectivity index (χ4n) is 4.11. The van der Waals surface area contributed by atoms with Crippen LogP contribution in [0.15, 0.2) is 30.6 Å². The van der Waals surface area contributed by atoms with Gasteiger partial charge in [-0.25, -0.2) is 9.97 Å². The van der Waals surface area contributed by atoms with Gasteiger partial charge in [0.25, 0.3) is 5.91 Å². The van der Waals surface area contributed by atoms with Crippen LogP contribution in [0, 0.1) is 6.92 Å². The first-order valence-corrected chi connectivity index (χ1v) is 9.86. The molecule has 1 aliphatic carbocycles. The highest BCUT2D eigenvalue weighted by Crippen LogP contribution is 2.35. The summed E-state index contributed by atoms with van der Waals surface area (Å²) in [6, 6.07) is 8.56. The van der Waals surface area contributed by atoms with E-state index >= 15 is 0 Å². The number of fused-ring (bicyclic) bond motifs is 1. The molecule has 1 saturated heterocycles. The highest BCUT2D eigenvalue weighted by Gasteiger charge is 2.37. The Hall–Kier alpha value is -3.03. The van der Waals surface area contributed by atoms with Gasteiger partial charge in [-0.1, -0.05) is 0 Å². The molecule has 28 heavy (non-hydrogen) atoms. The lowest BCUT2D eigenvalue weighted by Gasteiger charge is -2.39. The Kier molecular flexibility index (Phi) is 4.18. The number of H-pyrrole nitrogens is 1. The highest BCUT2D eigenvalue weighted by atomic mass is 16.2. The maximum absolute atomic E-state index is 12.9. The van der Waals surface area contributed by atoms with Crippen molar-refractivity contribution >= 4 is 22.8 Å². The monoisotopic (exact) mass is 377 g/mol. The number of nitrogens with zero attached hydrogens (tertiary/aromatic N) is 6. The molecule has 1 aliphatic heterocycles. The Morgan fingerprint density at radius 2 is 1.79 bits per heavy atom. The van der Waals surface area contributed by atoms with Crippen molar-refractivity contribution in [2.45, 2.75) is 44.7 Å². The van der Waals surface area contributed by atoms with E-state index in [1.54, 1.807) is 6.33 Å². The number of amides is 1. The Bertz CT molecular complexity index is 1000. The molecule has 0 unspecified atom stereocenters. The molecule has 3 aromatic rings. The third-order valence-corrected chi connectivity index (χ3v) is 5.70. The van der Waals surface area contributed by atoms with Crippen LogP contribution in [0.3, 0.4) is 0 Å². The van der Waals surface area contributed by atoms with Crippen LogP contribution in [0.5, 0.6) is 0 Å². The van der Waals surface area contributed by atoms with Gasteiger partial charge in [-0.05, 0) is 50.8 Å². The fraction of sp³-hybridized carbons (Fsp3) is 0.450. The number of aryl methyl sites for hydroxylation is 1. The third kappa shape index (κ3) is 3.19. The minimum atomic E-state index is 0.0687. The maximum Gasteiger partial charge on any atom is 0.253 e. The first-order chi connectivity index (χ1) is 13.7. The molecule has 3 heterocycles. The van der Waals surface area contributed by atoms with Crippen LogP contribution in [0.2, 0.25) is 0 Å². The lowest BCUT2D eigenvalue weighted by molar-refractivity contribution is 0.0712. The zero-order valence-corrected chi connectivity index (χ0v) is 15.9. The molecule has 1 saturated carbocycles. The molecule has 0 atom stereocenters. The summed E-state index contributed by atoms with van der Waals surface area (Å²) in [7, 11) is 0. The van der Waals surface area contributed by atoms with Gasteiger partial charge in [-0.2, -0.15) is 15.4 Å². The summed E-state index contributed by atoms with van der Waals surface area (Å²) >= 11 is 0. The lowest BCUT2D eigenvalue weighted by Crippen LogP contribution is -2.48. The van der Waals surface area contributed by atoms with Crippen molar-refractivity contribution in [2.75, 3.05) is 18.0 Å². The molecule has 8 nitrogen and oxygen atoms in total. The molecule has 2 aliphatic rings. The van der Waals surface area contributed by atoms with Gasteiger partial charge in [-0.15, -0.1) is 0 Å². The van der Waals surface area contributed by atoms with E-state index in [2.05, 4.69) is 36.3 Å². The van der Waals surface area contributed by atoms with Crippen LogP contribution in [0.1, 0.15) is 41.7 Å². The van der Waals surface area contributed by atoms with Gasteiger partial charge in [-0.3, -0.25) is 4.79 Å². The van der Waals surface area contributed by atoms with Crippen LogP contribution in [0.25, 0.3) is 11.0 Å². The number of nitrogens with one attached hydrogen (secondary N) is 1. The second kappa shape index (κ2) is 6.85. The molecule has 8 heteroatoms. The van der Waals surface area contributed by atoms with Crippen LogP contribution in [0.4, 0.5) is 5.82 Å². The molecule has 0 bridgehead atoms. The van der Waals surface area contributed by atoms with E-state index < -0.39 is 0 Å². The predicted molar refractivity (Wildman–Crippen MR) is 105 cm³/mol. The summed E-state index contributed by atoms with van der Waals surface area (Å²) in [5, 5.41) is 10.7. The quantitative estimate of drug-likeness (QED) is 0.750. The van der Waals surface area contributed by atoms with Crippen LogP contribution in [-0.4, -0.2) is 61.4 Å². The number of carbonyl (C=O) groups excluding carboxylic acids is 1. The van der Waals surface area contributed by atoms with E-state index in [9.17, 15) is 4.79 Å². The summed E-state index contributed by atoms with van der Waals surface area (Å²) in [6.07, 6.45) is 6.01. The van der Waals surface area contributed by atoms with E-state index in [1.165, 1.54) is 12.8 Å². The zero-order valence-electron chi connectivity index (χ0n) is 15.9. The number of piperidine rings is 1. The first kappa shape index (κ1) is 17.1. The normalized spacial score (nSPS) is 17.8. The number of likely N-dealkylation sites (tertiary alicyclic amines) is 1. The summed E-state index contributed by atoms with van der Waals surface area (Å²) < 4.78 is 0. The van der Waals surface area contributed by atoms with E-state index in [4.69, 9.17) is 0 Å². The van der Waals surface area contributed by atoms with Gasteiger partial charge in [0.1, 0.15) is 23.2 Å². The van der Waals surface area contributed by atoms with E-state index in [1.807, 2.05) is 30.0 Å². The van der Waals surface area contributed by atoms with Gasteiger partial charge in [0.05, 0.1) is 0 Å². The van der Waals surface area contributed by atoms with Crippen LogP contribution in [-0.2, 0) is 0 Å². The molecular formula is C20H23N7O. The van der Waals surface area contributed by atoms with Crippen LogP contribution < -0.4 is 4.90 Å². The molecule has 1 aromatic carbocycles. The number of aromatic nitrogens is 5. The molecule has 144 valence electrons. The van der Waals surface area contributed by atoms with Crippen molar-refractivity contribution in [3.8, 4) is 0 Å². The third-order valence-electron chi connectivity index (χ3n) is 5.70. The number of rotatable bonds is 4. The average Bonchev–Trinajstić information content (AvgIpc) is 3.43. The van der Waals surface area contributed by atoms with Crippen molar-refractivity contribution in [3.05, 3.63) is 41.9 Å². The maximum atomic E-state index is 12.9. The number of carbonyl (C=O) groups is 1. The van der Waals surface area contributed by atoms with Gasteiger partial charge in [0, 0.05) is 42.5 Å². The van der Waals surface area contributed by atoms with Gasteiger partial charge >= 0.3 is 0 Å². The van der Waals surface area contributed by atoms with Crippen LogP contribution >= 0.6 is 0 Å². The summed E-state index contributed by atoms with van der Waals surface area (Å²) in [6.45, 7) is 3.52. The van der Waals surface area contributed by atoms with Crippen molar-refractivity contribution in [1.82, 2.24) is 30.3 Å². The lowest BCUT2D eigenvalue weighted by atomic mass is 10.0. The van der Waals surface area contributed by atoms with Crippen molar-refractivity contribution in [3.63, 3.8) is 0 Å². The standard InChI is InChI=1S/C20H23N7O/c1-13-10-19(22-12-21-13)27(15-3-4-15)16-6-8-26(9-7-16)20(28)14-2-5-17-18(11-14)24-25-23-17/h2,5,10-12,15-16H,3-4,6-9H2,1H3,(H,23,24,25). The molecule has 0 radical (unpaired) electrons. The number of aromatic amines is 1. The Labute approximate surface area is 163 Å². The van der Waals surface area contributed by atoms with Gasteiger partial charge in [0.2, 0.25) is 0 Å². The molecule has 2 fully saturated rings. The zero-order chi connectivity index (χ0) is 19.1. The summed E-state index contributed by atoms with van der Waals surface area (Å²) in [4.78, 5) is 26.1. The number of anilines is 1. The minimum Gasteiger partial charge on any atom is -0.350 e. The largest absolute Gasteiger partial charge is 0.350 e. The molecule has 5 rings (SSSR count). The molecule has 2 aromatic heterocycles. The van der Waals surface area contributed by atoms with Gasteiger partial charge < -0.3 is 9.80 Å². The van der Waals surface area contributed by atoms with E-state index in [-0.39, 0.29) is 5.91 Å². The van der Waals surface area contributed by atoms with Crippen molar-refractivity contribution < 1.29 is 4.79 Å². The molecular weight excluding hydrogens is 354 g/mol. The predicted octanol–water partition coefficient (Wildman–Crippen LogP) is 2.33. The SMILES string of the molecule is Cc1cc(N(C2CC2)C2CCN(C(=O)c3ccc4n[nH]nc4c3)CC2)ncn1. The number of benzene rings is 1. The Morgan fingerprint density at radius 1 is 1.04 bits per heavy atom. The first-order valence-electron chi connectivity index (χ1n) is 9.86. The summed E-state index contributed by atoms with van der Waals surface area (Å²) in [5.74, 6) is 1.09. The second-order valence-corrected chi connectivity index (χ2v) is 7.71. The molecule has 0 spiro atoms. The fourth-order valence-corrected chi connectivity index (χ4v) is 4.11. The van der Waals surface area contributed by atoms with Crippen molar-refractivity contribution in [2.24, 2.45) is 0 Å². The van der Waals surface area contributed by atoms with E-state index in [0.29, 0.717) is 17.6 Å². The highest BCUT2D eigenvalue weighted by molar-refractivity contribution is 5.97. The smallest absolute Gasteiger partial charge is 0.253 e. The molecule has 1 amide bonds. The Morgan fingerprint density at radius 3 is 2.54 bits per heavy atom. The van der Waals surface area contributed by atoms with E-state index in [0.717, 1.165) is 48.5 Å². The summed E-state index contributed by atoms with van der Waals surface area (Å²) in [5.41, 5.74) is 3.16. The second-order valence-electron chi connectivity index (χ2n) is 7.71. The average molecular weight is 377 g/mol. The van der Waals surface area contributed by atoms with Crippen molar-refractivity contribution in [1.29, 1.82) is 0 Å². The minimum absolute atomic E-state index is 0.0687. The number of hydrogen-bond donors (Lipinski definition) is 1.